The molecule has 2 heteroatoms. The summed E-state index contributed by atoms with van der Waals surface area (Å²) in [4.78, 5) is 4.94. The van der Waals surface area contributed by atoms with E-state index >= 15 is 0 Å². The molecule has 1 aromatic heterocycles. The second-order valence-electron chi connectivity index (χ2n) is 16.4. The second-order valence-corrected chi connectivity index (χ2v) is 16.4. The maximum atomic E-state index is 4.94. The number of aromatic nitrogens is 2. The molecule has 0 spiro atoms. The molecule has 61 heavy (non-hydrogen) atoms. The van der Waals surface area contributed by atoms with Crippen LogP contribution in [0.3, 0.4) is 0 Å². The molecule has 1 heterocycles. The van der Waals surface area contributed by atoms with Crippen LogP contribution in [0.15, 0.2) is 206 Å². The molecule has 12 aromatic rings. The number of para-hydroxylation sites is 1. The third kappa shape index (κ3) is 5.68. The zero-order valence-corrected chi connectivity index (χ0v) is 34.0. The molecule has 11 aromatic carbocycles. The fourth-order valence-corrected chi connectivity index (χ4v) is 10.0. The highest BCUT2D eigenvalue weighted by molar-refractivity contribution is 6.22. The average molecular weight is 777 g/mol. The van der Waals surface area contributed by atoms with Crippen molar-refractivity contribution < 1.29 is 0 Å². The monoisotopic (exact) mass is 776 g/mol. The highest BCUT2D eigenvalue weighted by Gasteiger charge is 2.16. The largest absolute Gasteiger partial charge is 0.297 e. The van der Waals surface area contributed by atoms with Crippen molar-refractivity contribution in [1.82, 2.24) is 9.55 Å². The molecule has 0 saturated carbocycles. The molecule has 0 fully saturated rings. The number of hydrogen-bond donors (Lipinski definition) is 0. The highest BCUT2D eigenvalue weighted by Crippen LogP contribution is 2.43. The van der Waals surface area contributed by atoms with Gasteiger partial charge in [0.2, 0.25) is 0 Å². The van der Waals surface area contributed by atoms with Crippen LogP contribution in [0, 0.1) is 13.8 Å². The molecule has 0 saturated heterocycles. The molecular formula is C59H40N2. The smallest absolute Gasteiger partial charge is 0.111 e. The molecule has 0 N–H and O–H groups in total. The lowest BCUT2D eigenvalue weighted by Gasteiger charge is -2.16. The van der Waals surface area contributed by atoms with E-state index in [0.29, 0.717) is 0 Å². The Morgan fingerprint density at radius 1 is 0.344 bits per heavy atom. The topological polar surface area (TPSA) is 17.8 Å². The van der Waals surface area contributed by atoms with Gasteiger partial charge in [0.1, 0.15) is 5.82 Å². The molecule has 0 aliphatic heterocycles. The third-order valence-corrected chi connectivity index (χ3v) is 12.8. The summed E-state index contributed by atoms with van der Waals surface area (Å²) in [5.41, 5.74) is 14.3. The number of rotatable bonds is 5. The predicted molar refractivity (Wildman–Crippen MR) is 260 cm³/mol. The SMILES string of the molecule is Cc1cccc2ccc3cccc(-c4cccc5ccc6cc(-c7ccc(-c8ccc(-c9ccc%10c(c9)nc(C)n%10-c9ccccc9)cc8)c8ccccc78)ccc6c45)c3c12. The first-order valence-corrected chi connectivity index (χ1v) is 21.1. The van der Waals surface area contributed by atoms with Crippen molar-refractivity contribution in [2.75, 3.05) is 0 Å². The van der Waals surface area contributed by atoms with Gasteiger partial charge in [-0.2, -0.15) is 0 Å². The Hall–Kier alpha value is -7.81. The van der Waals surface area contributed by atoms with Crippen LogP contribution in [0.1, 0.15) is 11.4 Å². The quantitative estimate of drug-likeness (QED) is 0.159. The van der Waals surface area contributed by atoms with Crippen LogP contribution in [0.25, 0.3) is 115 Å². The van der Waals surface area contributed by atoms with Gasteiger partial charge in [-0.05, 0) is 148 Å². The first-order chi connectivity index (χ1) is 30.1. The van der Waals surface area contributed by atoms with Gasteiger partial charge in [0.15, 0.2) is 0 Å². The van der Waals surface area contributed by atoms with Crippen molar-refractivity contribution in [3.8, 4) is 50.2 Å². The maximum Gasteiger partial charge on any atom is 0.111 e. The van der Waals surface area contributed by atoms with Crippen LogP contribution < -0.4 is 0 Å². The predicted octanol–water partition coefficient (Wildman–Crippen LogP) is 16.1. The minimum absolute atomic E-state index is 0.983. The summed E-state index contributed by atoms with van der Waals surface area (Å²) in [5.74, 6) is 0.983. The molecule has 12 rings (SSSR count). The standard InChI is InChI=1S/C59H40N2/c1-37-11-8-12-41-25-26-43-14-10-20-54(59(43)57(37)41)53-19-9-13-42-27-28-46-35-45(29-31-50(46)58(42)53)49-33-32-48(51-17-6-7-18-52(49)51)40-23-21-39(22-24-40)44-30-34-56-55(36-44)60-38(2)61(56)47-15-4-3-5-16-47/h3-36H,1-2H3. The summed E-state index contributed by atoms with van der Waals surface area (Å²) in [6.45, 7) is 4.31. The van der Waals surface area contributed by atoms with Crippen molar-refractivity contribution in [2.45, 2.75) is 13.8 Å². The Kier molecular flexibility index (Phi) is 8.01. The first kappa shape index (κ1) is 35.2. The molecule has 0 atom stereocenters. The van der Waals surface area contributed by atoms with E-state index in [1.54, 1.807) is 0 Å². The molecule has 0 bridgehead atoms. The van der Waals surface area contributed by atoms with Gasteiger partial charge in [-0.3, -0.25) is 4.57 Å². The third-order valence-electron chi connectivity index (χ3n) is 12.8. The number of nitrogens with zero attached hydrogens (tertiary/aromatic N) is 2. The molecule has 0 amide bonds. The van der Waals surface area contributed by atoms with Gasteiger partial charge >= 0.3 is 0 Å². The Balaban J connectivity index is 0.925. The minimum Gasteiger partial charge on any atom is -0.297 e. The zero-order chi connectivity index (χ0) is 40.6. The van der Waals surface area contributed by atoms with Crippen LogP contribution in [-0.4, -0.2) is 9.55 Å². The molecule has 286 valence electrons. The fourth-order valence-electron chi connectivity index (χ4n) is 10.0. The van der Waals surface area contributed by atoms with Crippen molar-refractivity contribution >= 4 is 64.9 Å². The van der Waals surface area contributed by atoms with Crippen LogP contribution >= 0.6 is 0 Å². The average Bonchev–Trinajstić information content (AvgIpc) is 3.65. The van der Waals surface area contributed by atoms with Crippen molar-refractivity contribution in [3.63, 3.8) is 0 Å². The fraction of sp³-hybridized carbons (Fsp3) is 0.0339. The van der Waals surface area contributed by atoms with E-state index in [-0.39, 0.29) is 0 Å². The molecule has 0 aliphatic rings. The maximum absolute atomic E-state index is 4.94. The Morgan fingerprint density at radius 3 is 1.66 bits per heavy atom. The lowest BCUT2D eigenvalue weighted by molar-refractivity contribution is 1.00. The molecule has 0 aliphatic carbocycles. The number of hydrogen-bond acceptors (Lipinski definition) is 1. The van der Waals surface area contributed by atoms with E-state index in [4.69, 9.17) is 4.98 Å². The molecule has 2 nitrogen and oxygen atoms in total. The lowest BCUT2D eigenvalue weighted by atomic mass is 9.87. The number of aryl methyl sites for hydroxylation is 2. The lowest BCUT2D eigenvalue weighted by Crippen LogP contribution is -1.95. The van der Waals surface area contributed by atoms with Gasteiger partial charge in [-0.25, -0.2) is 4.98 Å². The number of imidazole rings is 1. The summed E-state index contributed by atoms with van der Waals surface area (Å²) in [6, 6.07) is 75.8. The Labute approximate surface area is 354 Å². The summed E-state index contributed by atoms with van der Waals surface area (Å²) in [6.07, 6.45) is 0. The van der Waals surface area contributed by atoms with Gasteiger partial charge < -0.3 is 0 Å². The molecule has 0 unspecified atom stereocenters. The van der Waals surface area contributed by atoms with Crippen molar-refractivity contribution in [2.24, 2.45) is 0 Å². The first-order valence-electron chi connectivity index (χ1n) is 21.1. The van der Waals surface area contributed by atoms with E-state index in [9.17, 15) is 0 Å². The molecule has 0 radical (unpaired) electrons. The Bertz CT molecular complexity index is 3700. The van der Waals surface area contributed by atoms with Gasteiger partial charge in [0.25, 0.3) is 0 Å². The Morgan fingerprint density at radius 2 is 0.918 bits per heavy atom. The van der Waals surface area contributed by atoms with Crippen LogP contribution in [0.4, 0.5) is 0 Å². The summed E-state index contributed by atoms with van der Waals surface area (Å²) < 4.78 is 2.22. The van der Waals surface area contributed by atoms with Crippen LogP contribution in [0.2, 0.25) is 0 Å². The van der Waals surface area contributed by atoms with Gasteiger partial charge in [0.05, 0.1) is 11.0 Å². The number of fused-ring (bicyclic) bond motifs is 8. The van der Waals surface area contributed by atoms with E-state index < -0.39 is 0 Å². The number of benzene rings is 11. The molecular weight excluding hydrogens is 737 g/mol. The van der Waals surface area contributed by atoms with E-state index in [1.807, 2.05) is 6.07 Å². The van der Waals surface area contributed by atoms with Crippen LogP contribution in [0.5, 0.6) is 0 Å². The summed E-state index contributed by atoms with van der Waals surface area (Å²) in [7, 11) is 0. The van der Waals surface area contributed by atoms with Gasteiger partial charge in [-0.15, -0.1) is 0 Å². The van der Waals surface area contributed by atoms with Gasteiger partial charge in [-0.1, -0.05) is 176 Å². The highest BCUT2D eigenvalue weighted by atomic mass is 15.1. The minimum atomic E-state index is 0.983. The normalized spacial score (nSPS) is 11.8. The second kappa shape index (κ2) is 13.9. The van der Waals surface area contributed by atoms with Crippen molar-refractivity contribution in [1.29, 1.82) is 0 Å². The zero-order valence-electron chi connectivity index (χ0n) is 34.0. The van der Waals surface area contributed by atoms with Gasteiger partial charge in [0, 0.05) is 5.69 Å². The van der Waals surface area contributed by atoms with Crippen LogP contribution in [-0.2, 0) is 0 Å². The van der Waals surface area contributed by atoms with Crippen molar-refractivity contribution in [3.05, 3.63) is 218 Å². The van der Waals surface area contributed by atoms with E-state index in [2.05, 4.69) is 219 Å². The summed E-state index contributed by atoms with van der Waals surface area (Å²) in [5, 5.41) is 12.8. The van der Waals surface area contributed by atoms with E-state index in [1.165, 1.54) is 98.4 Å². The summed E-state index contributed by atoms with van der Waals surface area (Å²) >= 11 is 0. The van der Waals surface area contributed by atoms with E-state index in [0.717, 1.165) is 28.1 Å².